The standard InChI is InChI=1S/C13H15Cl2N3/c1-8-10(13(15)18(2)17-8)7-12(16)9-5-3-4-6-11(9)14/h3-6,12H,7,16H2,1-2H3. The van der Waals surface area contributed by atoms with Crippen molar-refractivity contribution in [3.63, 3.8) is 0 Å². The molecule has 0 saturated heterocycles. The van der Waals surface area contributed by atoms with Gasteiger partial charge in [-0.3, -0.25) is 4.68 Å². The highest BCUT2D eigenvalue weighted by Gasteiger charge is 2.17. The van der Waals surface area contributed by atoms with Gasteiger partial charge in [0, 0.05) is 23.7 Å². The van der Waals surface area contributed by atoms with E-state index in [2.05, 4.69) is 5.10 Å². The van der Waals surface area contributed by atoms with Gasteiger partial charge in [0.1, 0.15) is 5.15 Å². The molecule has 0 radical (unpaired) electrons. The quantitative estimate of drug-likeness (QED) is 0.940. The summed E-state index contributed by atoms with van der Waals surface area (Å²) < 4.78 is 1.66. The molecule has 1 atom stereocenters. The molecular formula is C13H15Cl2N3. The van der Waals surface area contributed by atoms with Crippen LogP contribution in [0, 0.1) is 6.92 Å². The van der Waals surface area contributed by atoms with Gasteiger partial charge in [0.15, 0.2) is 0 Å². The van der Waals surface area contributed by atoms with Crippen LogP contribution >= 0.6 is 23.2 Å². The van der Waals surface area contributed by atoms with Crippen molar-refractivity contribution in [2.75, 3.05) is 0 Å². The molecule has 2 aromatic rings. The van der Waals surface area contributed by atoms with E-state index in [0.717, 1.165) is 16.8 Å². The van der Waals surface area contributed by atoms with Crippen LogP contribution in [-0.2, 0) is 13.5 Å². The van der Waals surface area contributed by atoms with Crippen LogP contribution in [-0.4, -0.2) is 9.78 Å². The number of hydrogen-bond donors (Lipinski definition) is 1. The van der Waals surface area contributed by atoms with Crippen LogP contribution in [0.25, 0.3) is 0 Å². The Morgan fingerprint density at radius 2 is 2.00 bits per heavy atom. The van der Waals surface area contributed by atoms with Crippen LogP contribution < -0.4 is 5.73 Å². The van der Waals surface area contributed by atoms with Gasteiger partial charge in [0.05, 0.1) is 5.69 Å². The fourth-order valence-corrected chi connectivity index (χ4v) is 2.54. The van der Waals surface area contributed by atoms with Gasteiger partial charge in [0.2, 0.25) is 0 Å². The van der Waals surface area contributed by atoms with Crippen molar-refractivity contribution >= 4 is 23.2 Å². The van der Waals surface area contributed by atoms with Crippen molar-refractivity contribution in [1.29, 1.82) is 0 Å². The first kappa shape index (κ1) is 13.4. The van der Waals surface area contributed by atoms with Crippen molar-refractivity contribution in [2.45, 2.75) is 19.4 Å². The molecule has 1 aromatic heterocycles. The van der Waals surface area contributed by atoms with Crippen molar-refractivity contribution in [1.82, 2.24) is 9.78 Å². The van der Waals surface area contributed by atoms with E-state index in [0.29, 0.717) is 16.6 Å². The lowest BCUT2D eigenvalue weighted by Gasteiger charge is -2.13. The Labute approximate surface area is 117 Å². The van der Waals surface area contributed by atoms with Gasteiger partial charge in [-0.2, -0.15) is 5.10 Å². The number of aryl methyl sites for hydroxylation is 2. The maximum Gasteiger partial charge on any atom is 0.130 e. The van der Waals surface area contributed by atoms with Gasteiger partial charge in [-0.1, -0.05) is 41.4 Å². The highest BCUT2D eigenvalue weighted by atomic mass is 35.5. The number of nitrogens with two attached hydrogens (primary N) is 1. The van der Waals surface area contributed by atoms with E-state index in [1.807, 2.05) is 38.2 Å². The van der Waals surface area contributed by atoms with Gasteiger partial charge in [-0.05, 0) is 25.0 Å². The van der Waals surface area contributed by atoms with E-state index in [1.54, 1.807) is 4.68 Å². The molecule has 0 spiro atoms. The van der Waals surface area contributed by atoms with Gasteiger partial charge in [-0.15, -0.1) is 0 Å². The highest BCUT2D eigenvalue weighted by Crippen LogP contribution is 2.27. The first-order chi connectivity index (χ1) is 8.50. The fraction of sp³-hybridized carbons (Fsp3) is 0.308. The lowest BCUT2D eigenvalue weighted by molar-refractivity contribution is 0.718. The largest absolute Gasteiger partial charge is 0.324 e. The maximum absolute atomic E-state index is 6.20. The summed E-state index contributed by atoms with van der Waals surface area (Å²) in [5.41, 5.74) is 9.01. The van der Waals surface area contributed by atoms with Crippen LogP contribution in [0.1, 0.15) is 22.9 Å². The van der Waals surface area contributed by atoms with Crippen LogP contribution in [0.2, 0.25) is 10.2 Å². The minimum absolute atomic E-state index is 0.181. The average Bonchev–Trinajstić information content (AvgIpc) is 2.56. The van der Waals surface area contributed by atoms with Crippen LogP contribution in [0.3, 0.4) is 0 Å². The summed E-state index contributed by atoms with van der Waals surface area (Å²) in [5.74, 6) is 0. The molecule has 3 nitrogen and oxygen atoms in total. The monoisotopic (exact) mass is 283 g/mol. The lowest BCUT2D eigenvalue weighted by atomic mass is 10.0. The van der Waals surface area contributed by atoms with E-state index < -0.39 is 0 Å². The first-order valence-corrected chi connectivity index (χ1v) is 6.44. The van der Waals surface area contributed by atoms with Crippen molar-refractivity contribution in [2.24, 2.45) is 12.8 Å². The smallest absolute Gasteiger partial charge is 0.130 e. The second kappa shape index (κ2) is 5.31. The number of hydrogen-bond acceptors (Lipinski definition) is 2. The Hall–Kier alpha value is -1.03. The molecule has 0 saturated carbocycles. The third-order valence-electron chi connectivity index (χ3n) is 3.00. The predicted octanol–water partition coefficient (Wildman–Crippen LogP) is 3.28. The second-order valence-corrected chi connectivity index (χ2v) is 5.08. The molecule has 2 rings (SSSR count). The molecule has 0 bridgehead atoms. The summed E-state index contributed by atoms with van der Waals surface area (Å²) in [4.78, 5) is 0. The molecule has 96 valence electrons. The lowest BCUT2D eigenvalue weighted by Crippen LogP contribution is -2.14. The Balaban J connectivity index is 2.27. The Kier molecular flexibility index (Phi) is 3.95. The number of nitrogens with zero attached hydrogens (tertiary/aromatic N) is 2. The highest BCUT2D eigenvalue weighted by molar-refractivity contribution is 6.31. The second-order valence-electron chi connectivity index (χ2n) is 4.31. The summed E-state index contributed by atoms with van der Waals surface area (Å²) in [6.45, 7) is 1.93. The number of halogens is 2. The third kappa shape index (κ3) is 2.53. The minimum atomic E-state index is -0.181. The summed E-state index contributed by atoms with van der Waals surface area (Å²) in [6.07, 6.45) is 0.627. The Morgan fingerprint density at radius 1 is 1.33 bits per heavy atom. The summed E-state index contributed by atoms with van der Waals surface area (Å²) in [5, 5.41) is 5.59. The number of rotatable bonds is 3. The summed E-state index contributed by atoms with van der Waals surface area (Å²) >= 11 is 12.3. The van der Waals surface area contributed by atoms with E-state index in [4.69, 9.17) is 28.9 Å². The van der Waals surface area contributed by atoms with Crippen molar-refractivity contribution in [3.8, 4) is 0 Å². The van der Waals surface area contributed by atoms with Crippen molar-refractivity contribution < 1.29 is 0 Å². The molecule has 1 aromatic carbocycles. The predicted molar refractivity (Wildman–Crippen MR) is 75.0 cm³/mol. The Bertz CT molecular complexity index is 563. The topological polar surface area (TPSA) is 43.8 Å². The van der Waals surface area contributed by atoms with Gasteiger partial charge < -0.3 is 5.73 Å². The average molecular weight is 284 g/mol. The van der Waals surface area contributed by atoms with Crippen LogP contribution in [0.5, 0.6) is 0 Å². The SMILES string of the molecule is Cc1nn(C)c(Cl)c1CC(N)c1ccccc1Cl. The normalized spacial score (nSPS) is 12.7. The third-order valence-corrected chi connectivity index (χ3v) is 3.82. The van der Waals surface area contributed by atoms with Gasteiger partial charge in [-0.25, -0.2) is 0 Å². The zero-order chi connectivity index (χ0) is 13.3. The molecule has 0 aliphatic heterocycles. The molecule has 0 fully saturated rings. The molecular weight excluding hydrogens is 269 g/mol. The molecule has 5 heteroatoms. The van der Waals surface area contributed by atoms with Gasteiger partial charge >= 0.3 is 0 Å². The molecule has 1 unspecified atom stereocenters. The summed E-state index contributed by atoms with van der Waals surface area (Å²) in [6, 6.07) is 7.42. The fourth-order valence-electron chi connectivity index (χ4n) is 2.01. The molecule has 0 amide bonds. The summed E-state index contributed by atoms with van der Waals surface area (Å²) in [7, 11) is 1.82. The maximum atomic E-state index is 6.20. The van der Waals surface area contributed by atoms with E-state index in [-0.39, 0.29) is 6.04 Å². The van der Waals surface area contributed by atoms with Crippen LogP contribution in [0.15, 0.2) is 24.3 Å². The molecule has 0 aliphatic rings. The first-order valence-electron chi connectivity index (χ1n) is 5.68. The van der Waals surface area contributed by atoms with Crippen molar-refractivity contribution in [3.05, 3.63) is 51.3 Å². The number of benzene rings is 1. The van der Waals surface area contributed by atoms with Crippen LogP contribution in [0.4, 0.5) is 0 Å². The van der Waals surface area contributed by atoms with E-state index in [1.165, 1.54) is 0 Å². The number of aromatic nitrogens is 2. The molecule has 18 heavy (non-hydrogen) atoms. The molecule has 1 heterocycles. The molecule has 0 aliphatic carbocycles. The zero-order valence-electron chi connectivity index (χ0n) is 10.3. The van der Waals surface area contributed by atoms with E-state index >= 15 is 0 Å². The van der Waals surface area contributed by atoms with E-state index in [9.17, 15) is 0 Å². The van der Waals surface area contributed by atoms with Gasteiger partial charge in [0.25, 0.3) is 0 Å². The minimum Gasteiger partial charge on any atom is -0.324 e. The zero-order valence-corrected chi connectivity index (χ0v) is 11.8. The Morgan fingerprint density at radius 3 is 2.56 bits per heavy atom. The molecule has 2 N–H and O–H groups in total.